The standard InChI is InChI=1S/C21H17N3O4S/c1-26-16-4-3-14-7-15(9-22)21(24-17(14)8-16)29-11-20(25)23-10-13-2-5-18-19(6-13)28-12-27-18/h2-8H,10-12H2,1H3,(H,23,25). The van der Waals surface area contributed by atoms with Crippen LogP contribution in [0, 0.1) is 11.3 Å². The van der Waals surface area contributed by atoms with Crippen molar-refractivity contribution < 1.29 is 19.0 Å². The smallest absolute Gasteiger partial charge is 0.231 e. The van der Waals surface area contributed by atoms with Crippen LogP contribution in [0.5, 0.6) is 17.2 Å². The van der Waals surface area contributed by atoms with Gasteiger partial charge in [0.25, 0.3) is 0 Å². The first-order valence-electron chi connectivity index (χ1n) is 8.83. The van der Waals surface area contributed by atoms with E-state index in [1.54, 1.807) is 19.2 Å². The maximum atomic E-state index is 12.3. The molecule has 0 unspecified atom stereocenters. The zero-order valence-electron chi connectivity index (χ0n) is 15.6. The molecule has 4 rings (SSSR count). The minimum atomic E-state index is -0.149. The number of carbonyl (C=O) groups excluding carboxylic acids is 1. The van der Waals surface area contributed by atoms with Crippen LogP contribution in [0.4, 0.5) is 0 Å². The lowest BCUT2D eigenvalue weighted by atomic mass is 10.1. The van der Waals surface area contributed by atoms with E-state index in [4.69, 9.17) is 14.2 Å². The van der Waals surface area contributed by atoms with E-state index in [-0.39, 0.29) is 18.5 Å². The number of benzene rings is 2. The monoisotopic (exact) mass is 407 g/mol. The first-order valence-corrected chi connectivity index (χ1v) is 9.82. The molecule has 2 heterocycles. The summed E-state index contributed by atoms with van der Waals surface area (Å²) in [6.07, 6.45) is 0. The molecule has 0 saturated heterocycles. The van der Waals surface area contributed by atoms with E-state index in [1.165, 1.54) is 11.8 Å². The van der Waals surface area contributed by atoms with Gasteiger partial charge >= 0.3 is 0 Å². The molecule has 0 spiro atoms. The van der Waals surface area contributed by atoms with Crippen LogP contribution in [0.25, 0.3) is 10.9 Å². The van der Waals surface area contributed by atoms with Crippen molar-refractivity contribution in [2.75, 3.05) is 19.7 Å². The number of nitrogens with one attached hydrogen (secondary N) is 1. The van der Waals surface area contributed by atoms with Gasteiger partial charge in [0.05, 0.1) is 23.9 Å². The molecular weight excluding hydrogens is 390 g/mol. The predicted octanol–water partition coefficient (Wildman–Crippen LogP) is 3.25. The van der Waals surface area contributed by atoms with E-state index in [0.29, 0.717) is 39.9 Å². The molecular formula is C21H17N3O4S. The number of methoxy groups -OCH3 is 1. The summed E-state index contributed by atoms with van der Waals surface area (Å²) in [5.74, 6) is 2.08. The van der Waals surface area contributed by atoms with Gasteiger partial charge in [-0.25, -0.2) is 4.98 Å². The number of amides is 1. The molecule has 1 aliphatic heterocycles. The molecule has 29 heavy (non-hydrogen) atoms. The Morgan fingerprint density at radius 2 is 2.10 bits per heavy atom. The van der Waals surface area contributed by atoms with Crippen molar-refractivity contribution in [2.45, 2.75) is 11.6 Å². The van der Waals surface area contributed by atoms with Crippen LogP contribution in [0.2, 0.25) is 0 Å². The Morgan fingerprint density at radius 3 is 2.93 bits per heavy atom. The van der Waals surface area contributed by atoms with Crippen molar-refractivity contribution >= 4 is 28.6 Å². The highest BCUT2D eigenvalue weighted by Gasteiger charge is 2.14. The number of ether oxygens (including phenoxy) is 3. The van der Waals surface area contributed by atoms with Crippen molar-refractivity contribution in [1.82, 2.24) is 10.3 Å². The van der Waals surface area contributed by atoms with E-state index in [1.807, 2.05) is 30.3 Å². The summed E-state index contributed by atoms with van der Waals surface area (Å²) >= 11 is 1.23. The lowest BCUT2D eigenvalue weighted by Gasteiger charge is -2.08. The van der Waals surface area contributed by atoms with Crippen molar-refractivity contribution in [3.05, 3.63) is 53.6 Å². The molecule has 0 radical (unpaired) electrons. The van der Waals surface area contributed by atoms with Gasteiger partial charge in [0.1, 0.15) is 16.8 Å². The maximum Gasteiger partial charge on any atom is 0.231 e. The quantitative estimate of drug-likeness (QED) is 0.627. The Balaban J connectivity index is 1.40. The summed E-state index contributed by atoms with van der Waals surface area (Å²) < 4.78 is 15.8. The average Bonchev–Trinajstić information content (AvgIpc) is 3.23. The largest absolute Gasteiger partial charge is 0.497 e. The number of pyridine rings is 1. The first kappa shape index (κ1) is 18.9. The van der Waals surface area contributed by atoms with Crippen molar-refractivity contribution in [3.8, 4) is 23.3 Å². The van der Waals surface area contributed by atoms with Crippen LogP contribution in [0.15, 0.2) is 47.5 Å². The topological polar surface area (TPSA) is 93.5 Å². The molecule has 0 bridgehead atoms. The van der Waals surface area contributed by atoms with Gasteiger partial charge in [0, 0.05) is 18.0 Å². The predicted molar refractivity (Wildman–Crippen MR) is 108 cm³/mol. The molecule has 0 saturated carbocycles. The number of fused-ring (bicyclic) bond motifs is 2. The molecule has 1 aromatic heterocycles. The third-order valence-corrected chi connectivity index (χ3v) is 5.37. The van der Waals surface area contributed by atoms with Crippen LogP contribution < -0.4 is 19.5 Å². The number of nitriles is 1. The minimum Gasteiger partial charge on any atom is -0.497 e. The lowest BCUT2D eigenvalue weighted by molar-refractivity contribution is -0.118. The number of hydrogen-bond donors (Lipinski definition) is 1. The van der Waals surface area contributed by atoms with E-state index in [9.17, 15) is 10.1 Å². The molecule has 7 nitrogen and oxygen atoms in total. The summed E-state index contributed by atoms with van der Waals surface area (Å²) in [5, 5.41) is 13.7. The number of thioether (sulfide) groups is 1. The van der Waals surface area contributed by atoms with Crippen LogP contribution in [-0.4, -0.2) is 30.5 Å². The summed E-state index contributed by atoms with van der Waals surface area (Å²) in [7, 11) is 1.59. The zero-order chi connectivity index (χ0) is 20.2. The van der Waals surface area contributed by atoms with E-state index in [2.05, 4.69) is 16.4 Å². The molecule has 0 fully saturated rings. The van der Waals surface area contributed by atoms with Gasteiger partial charge in [0.15, 0.2) is 11.5 Å². The third-order valence-electron chi connectivity index (χ3n) is 4.38. The SMILES string of the molecule is COc1ccc2cc(C#N)c(SCC(=O)NCc3ccc4c(c3)OCO4)nc2c1. The molecule has 0 aliphatic carbocycles. The Hall–Kier alpha value is -3.44. The van der Waals surface area contributed by atoms with Gasteiger partial charge in [-0.2, -0.15) is 5.26 Å². The first-order chi connectivity index (χ1) is 14.2. The van der Waals surface area contributed by atoms with Gasteiger partial charge in [-0.05, 0) is 35.9 Å². The van der Waals surface area contributed by atoms with Crippen molar-refractivity contribution in [1.29, 1.82) is 5.26 Å². The Morgan fingerprint density at radius 1 is 1.24 bits per heavy atom. The molecule has 0 atom stereocenters. The van der Waals surface area contributed by atoms with E-state index >= 15 is 0 Å². The molecule has 146 valence electrons. The Kier molecular flexibility index (Phi) is 5.40. The molecule has 3 aromatic rings. The average molecular weight is 407 g/mol. The summed E-state index contributed by atoms with van der Waals surface area (Å²) in [4.78, 5) is 16.8. The molecule has 2 aromatic carbocycles. The molecule has 8 heteroatoms. The summed E-state index contributed by atoms with van der Waals surface area (Å²) in [6.45, 7) is 0.594. The van der Waals surface area contributed by atoms with E-state index in [0.717, 1.165) is 10.9 Å². The van der Waals surface area contributed by atoms with Gasteiger partial charge < -0.3 is 19.5 Å². The van der Waals surface area contributed by atoms with Crippen molar-refractivity contribution in [3.63, 3.8) is 0 Å². The van der Waals surface area contributed by atoms with Crippen LogP contribution in [0.1, 0.15) is 11.1 Å². The van der Waals surface area contributed by atoms with Crippen LogP contribution in [-0.2, 0) is 11.3 Å². The Labute approximate surface area is 171 Å². The fourth-order valence-corrected chi connectivity index (χ4v) is 3.68. The van der Waals surface area contributed by atoms with Gasteiger partial charge in [0.2, 0.25) is 12.7 Å². The number of hydrogen-bond acceptors (Lipinski definition) is 7. The number of rotatable bonds is 6. The zero-order valence-corrected chi connectivity index (χ0v) is 16.4. The Bertz CT molecular complexity index is 1130. The van der Waals surface area contributed by atoms with Gasteiger partial charge in [-0.1, -0.05) is 17.8 Å². The lowest BCUT2D eigenvalue weighted by Crippen LogP contribution is -2.24. The van der Waals surface area contributed by atoms with Gasteiger partial charge in [-0.15, -0.1) is 0 Å². The summed E-state index contributed by atoms with van der Waals surface area (Å²) in [6, 6.07) is 15.0. The highest BCUT2D eigenvalue weighted by molar-refractivity contribution is 8.00. The van der Waals surface area contributed by atoms with Crippen molar-refractivity contribution in [2.24, 2.45) is 0 Å². The summed E-state index contributed by atoms with van der Waals surface area (Å²) in [5.41, 5.74) is 2.07. The fraction of sp³-hybridized carbons (Fsp3) is 0.190. The van der Waals surface area contributed by atoms with Crippen LogP contribution >= 0.6 is 11.8 Å². The highest BCUT2D eigenvalue weighted by atomic mass is 32.2. The number of aromatic nitrogens is 1. The molecule has 1 aliphatic rings. The fourth-order valence-electron chi connectivity index (χ4n) is 2.88. The molecule has 1 N–H and O–H groups in total. The van der Waals surface area contributed by atoms with E-state index < -0.39 is 0 Å². The van der Waals surface area contributed by atoms with Gasteiger partial charge in [-0.3, -0.25) is 4.79 Å². The number of nitrogens with zero attached hydrogens (tertiary/aromatic N) is 2. The third kappa shape index (κ3) is 4.20. The second-order valence-corrected chi connectivity index (χ2v) is 7.23. The van der Waals surface area contributed by atoms with Crippen LogP contribution in [0.3, 0.4) is 0 Å². The minimum absolute atomic E-state index is 0.149. The maximum absolute atomic E-state index is 12.3. The second kappa shape index (κ2) is 8.29. The highest BCUT2D eigenvalue weighted by Crippen LogP contribution is 2.32. The number of carbonyl (C=O) groups is 1. The molecule has 1 amide bonds. The second-order valence-electron chi connectivity index (χ2n) is 6.26. The normalized spacial score (nSPS) is 11.9.